The van der Waals surface area contributed by atoms with Crippen molar-refractivity contribution in [2.75, 3.05) is 0 Å². The van der Waals surface area contributed by atoms with Gasteiger partial charge in [-0.3, -0.25) is 4.98 Å². The molecule has 0 fully saturated rings. The molecule has 1 aromatic heterocycles. The zero-order valence-electron chi connectivity index (χ0n) is 8.80. The average Bonchev–Trinajstić information content (AvgIpc) is 2.28. The van der Waals surface area contributed by atoms with Crippen LogP contribution in [-0.4, -0.2) is 4.98 Å². The lowest BCUT2D eigenvalue weighted by Gasteiger charge is -2.07. The summed E-state index contributed by atoms with van der Waals surface area (Å²) in [5.41, 5.74) is -0.876. The van der Waals surface area contributed by atoms with E-state index in [0.717, 1.165) is 30.5 Å². The molecule has 0 saturated heterocycles. The number of nitrogens with zero attached hydrogens (tertiary/aromatic N) is 1. The van der Waals surface area contributed by atoms with E-state index in [9.17, 15) is 22.0 Å². The first kappa shape index (κ1) is 12.5. The van der Waals surface area contributed by atoms with Crippen LogP contribution >= 0.6 is 0 Å². The Morgan fingerprint density at radius 2 is 1.56 bits per heavy atom. The van der Waals surface area contributed by atoms with Crippen molar-refractivity contribution in [2.45, 2.75) is 6.18 Å². The molecule has 1 aromatic carbocycles. The third kappa shape index (κ3) is 2.47. The van der Waals surface area contributed by atoms with Gasteiger partial charge in [-0.15, -0.1) is 0 Å². The van der Waals surface area contributed by atoms with Gasteiger partial charge in [0.25, 0.3) is 0 Å². The molecule has 0 spiro atoms. The van der Waals surface area contributed by atoms with Crippen LogP contribution < -0.4 is 0 Å². The van der Waals surface area contributed by atoms with Crippen molar-refractivity contribution >= 4 is 0 Å². The Hall–Kier alpha value is -1.98. The first-order valence-electron chi connectivity index (χ1n) is 4.86. The zero-order chi connectivity index (χ0) is 13.3. The normalized spacial score (nSPS) is 11.6. The summed E-state index contributed by atoms with van der Waals surface area (Å²) in [6, 6.07) is 4.44. The minimum Gasteiger partial charge on any atom is -0.250 e. The second-order valence-electron chi connectivity index (χ2n) is 3.56. The van der Waals surface area contributed by atoms with E-state index in [1.54, 1.807) is 0 Å². The predicted molar refractivity (Wildman–Crippen MR) is 54.6 cm³/mol. The summed E-state index contributed by atoms with van der Waals surface area (Å²) in [6.45, 7) is 0. The maximum Gasteiger partial charge on any atom is 0.416 e. The molecule has 1 heterocycles. The Balaban J connectivity index is 2.41. The lowest BCUT2D eigenvalue weighted by Crippen LogP contribution is -2.04. The number of pyridine rings is 1. The Labute approximate surface area is 98.9 Å². The monoisotopic (exact) mass is 259 g/mol. The fourth-order valence-corrected chi connectivity index (χ4v) is 1.44. The molecule has 0 atom stereocenters. The summed E-state index contributed by atoms with van der Waals surface area (Å²) in [6.07, 6.45) is -3.65. The van der Waals surface area contributed by atoms with E-state index in [2.05, 4.69) is 4.98 Å². The minimum absolute atomic E-state index is 0.153. The van der Waals surface area contributed by atoms with Crippen molar-refractivity contribution in [3.05, 3.63) is 53.7 Å². The molecule has 6 heteroatoms. The average molecular weight is 259 g/mol. The van der Waals surface area contributed by atoms with Crippen molar-refractivity contribution in [2.24, 2.45) is 0 Å². The summed E-state index contributed by atoms with van der Waals surface area (Å²) in [7, 11) is 0. The van der Waals surface area contributed by atoms with Crippen LogP contribution in [0.25, 0.3) is 11.3 Å². The van der Waals surface area contributed by atoms with Crippen molar-refractivity contribution < 1.29 is 22.0 Å². The summed E-state index contributed by atoms with van der Waals surface area (Å²) >= 11 is 0. The molecule has 0 aliphatic rings. The molecule has 18 heavy (non-hydrogen) atoms. The number of aromatic nitrogens is 1. The van der Waals surface area contributed by atoms with E-state index in [1.807, 2.05) is 0 Å². The van der Waals surface area contributed by atoms with Gasteiger partial charge < -0.3 is 0 Å². The SMILES string of the molecule is Fc1cnc(-c2ccc(C(F)(F)F)cc2)c(F)c1. The summed E-state index contributed by atoms with van der Waals surface area (Å²) in [5.74, 6) is -1.77. The highest BCUT2D eigenvalue weighted by atomic mass is 19.4. The third-order valence-corrected chi connectivity index (χ3v) is 2.29. The smallest absolute Gasteiger partial charge is 0.250 e. The highest BCUT2D eigenvalue weighted by Crippen LogP contribution is 2.31. The molecule has 0 unspecified atom stereocenters. The van der Waals surface area contributed by atoms with Crippen LogP contribution in [0.3, 0.4) is 0 Å². The molecule has 0 amide bonds. The van der Waals surface area contributed by atoms with E-state index in [4.69, 9.17) is 0 Å². The Bertz CT molecular complexity index is 560. The topological polar surface area (TPSA) is 12.9 Å². The fourth-order valence-electron chi connectivity index (χ4n) is 1.44. The predicted octanol–water partition coefficient (Wildman–Crippen LogP) is 4.05. The van der Waals surface area contributed by atoms with Gasteiger partial charge in [0.1, 0.15) is 11.5 Å². The highest BCUT2D eigenvalue weighted by molar-refractivity contribution is 5.60. The second-order valence-corrected chi connectivity index (χ2v) is 3.56. The lowest BCUT2D eigenvalue weighted by atomic mass is 10.1. The molecule has 0 radical (unpaired) electrons. The molecule has 0 N–H and O–H groups in total. The van der Waals surface area contributed by atoms with Crippen molar-refractivity contribution in [3.8, 4) is 11.3 Å². The van der Waals surface area contributed by atoms with Crippen molar-refractivity contribution in [3.63, 3.8) is 0 Å². The van der Waals surface area contributed by atoms with Crippen LogP contribution in [0.1, 0.15) is 5.56 Å². The maximum absolute atomic E-state index is 13.3. The van der Waals surface area contributed by atoms with Gasteiger partial charge in [-0.25, -0.2) is 8.78 Å². The Kier molecular flexibility index (Phi) is 3.02. The maximum atomic E-state index is 13.3. The number of hydrogen-bond acceptors (Lipinski definition) is 1. The molecule has 2 aromatic rings. The molecule has 0 aliphatic heterocycles. The number of halogens is 5. The fraction of sp³-hybridized carbons (Fsp3) is 0.0833. The van der Waals surface area contributed by atoms with Crippen LogP contribution in [0.5, 0.6) is 0 Å². The van der Waals surface area contributed by atoms with Crippen LogP contribution in [-0.2, 0) is 6.18 Å². The number of benzene rings is 1. The molecular formula is C12H6F5N. The second kappa shape index (κ2) is 4.36. The standard InChI is InChI=1S/C12H6F5N/c13-9-5-10(14)11(18-6-9)7-1-3-8(4-2-7)12(15,16)17/h1-6H. The molecule has 0 saturated carbocycles. The molecule has 0 aliphatic carbocycles. The lowest BCUT2D eigenvalue weighted by molar-refractivity contribution is -0.137. The third-order valence-electron chi connectivity index (χ3n) is 2.29. The van der Waals surface area contributed by atoms with Gasteiger partial charge in [-0.05, 0) is 12.1 Å². The van der Waals surface area contributed by atoms with Gasteiger partial charge >= 0.3 is 6.18 Å². The molecule has 1 nitrogen and oxygen atoms in total. The first-order valence-corrected chi connectivity index (χ1v) is 4.86. The number of hydrogen-bond donors (Lipinski definition) is 0. The summed E-state index contributed by atoms with van der Waals surface area (Å²) in [5, 5.41) is 0. The van der Waals surface area contributed by atoms with E-state index in [0.29, 0.717) is 6.07 Å². The van der Waals surface area contributed by atoms with Crippen LogP contribution in [0, 0.1) is 11.6 Å². The Morgan fingerprint density at radius 1 is 0.944 bits per heavy atom. The van der Waals surface area contributed by atoms with E-state index >= 15 is 0 Å². The Morgan fingerprint density at radius 3 is 2.06 bits per heavy atom. The van der Waals surface area contributed by atoms with E-state index in [-0.39, 0.29) is 11.3 Å². The van der Waals surface area contributed by atoms with Crippen molar-refractivity contribution in [1.29, 1.82) is 0 Å². The van der Waals surface area contributed by atoms with Gasteiger partial charge in [0, 0.05) is 11.6 Å². The summed E-state index contributed by atoms with van der Waals surface area (Å²) in [4.78, 5) is 3.51. The van der Waals surface area contributed by atoms with Crippen molar-refractivity contribution in [1.82, 2.24) is 4.98 Å². The summed E-state index contributed by atoms with van der Waals surface area (Å²) < 4.78 is 62.9. The van der Waals surface area contributed by atoms with Gasteiger partial charge in [0.2, 0.25) is 0 Å². The largest absolute Gasteiger partial charge is 0.416 e. The van der Waals surface area contributed by atoms with Gasteiger partial charge in [0.15, 0.2) is 5.82 Å². The van der Waals surface area contributed by atoms with E-state index in [1.165, 1.54) is 0 Å². The first-order chi connectivity index (χ1) is 8.38. The van der Waals surface area contributed by atoms with Gasteiger partial charge in [0.05, 0.1) is 11.8 Å². The molecule has 94 valence electrons. The van der Waals surface area contributed by atoms with Gasteiger partial charge in [-0.1, -0.05) is 12.1 Å². The molecular weight excluding hydrogens is 253 g/mol. The molecule has 2 rings (SSSR count). The van der Waals surface area contributed by atoms with Crippen LogP contribution in [0.4, 0.5) is 22.0 Å². The van der Waals surface area contributed by atoms with E-state index < -0.39 is 23.4 Å². The number of rotatable bonds is 1. The van der Waals surface area contributed by atoms with Crippen LogP contribution in [0.2, 0.25) is 0 Å². The number of alkyl halides is 3. The van der Waals surface area contributed by atoms with Gasteiger partial charge in [-0.2, -0.15) is 13.2 Å². The zero-order valence-corrected chi connectivity index (χ0v) is 8.80. The van der Waals surface area contributed by atoms with Crippen LogP contribution in [0.15, 0.2) is 36.5 Å². The minimum atomic E-state index is -4.45. The highest BCUT2D eigenvalue weighted by Gasteiger charge is 2.30. The quantitative estimate of drug-likeness (QED) is 0.704. The molecule has 0 bridgehead atoms.